The van der Waals surface area contributed by atoms with E-state index in [4.69, 9.17) is 13.7 Å². The molecule has 3 heterocycles. The highest BCUT2D eigenvalue weighted by Crippen LogP contribution is 2.23. The van der Waals surface area contributed by atoms with Gasteiger partial charge >= 0.3 is 6.09 Å². The molecule has 1 amide bonds. The van der Waals surface area contributed by atoms with E-state index in [-0.39, 0.29) is 5.88 Å². The van der Waals surface area contributed by atoms with Gasteiger partial charge in [0.05, 0.1) is 18.5 Å². The van der Waals surface area contributed by atoms with E-state index in [9.17, 15) is 4.79 Å². The predicted molar refractivity (Wildman–Crippen MR) is 72.9 cm³/mol. The Labute approximate surface area is 124 Å². The summed E-state index contributed by atoms with van der Waals surface area (Å²) in [7, 11) is 0. The molecule has 114 valence electrons. The van der Waals surface area contributed by atoms with Crippen LogP contribution in [0.2, 0.25) is 0 Å². The van der Waals surface area contributed by atoms with Crippen LogP contribution in [0.1, 0.15) is 6.42 Å². The number of nitrogens with one attached hydrogen (secondary N) is 1. The van der Waals surface area contributed by atoms with Crippen molar-refractivity contribution >= 4 is 6.09 Å². The number of furan rings is 1. The Bertz CT molecular complexity index is 705. The molecule has 0 saturated heterocycles. The molecule has 3 aromatic rings. The molecule has 0 aliphatic heterocycles. The third-order valence-corrected chi connectivity index (χ3v) is 2.76. The molecule has 0 aliphatic carbocycles. The van der Waals surface area contributed by atoms with Crippen molar-refractivity contribution in [3.8, 4) is 17.4 Å². The van der Waals surface area contributed by atoms with Crippen LogP contribution in [-0.4, -0.2) is 32.8 Å². The number of amides is 1. The Hall–Kier alpha value is -3.10. The van der Waals surface area contributed by atoms with Crippen LogP contribution in [0.3, 0.4) is 0 Å². The molecule has 0 unspecified atom stereocenters. The number of carbonyl (C=O) groups is 1. The first-order valence-electron chi connectivity index (χ1n) is 6.61. The van der Waals surface area contributed by atoms with Gasteiger partial charge in [-0.25, -0.2) is 4.79 Å². The molecule has 0 aliphatic rings. The number of nitrogens with zero attached hydrogens (tertiary/aromatic N) is 4. The van der Waals surface area contributed by atoms with Crippen LogP contribution in [0, 0.1) is 0 Å². The SMILES string of the molecule is O=C(NCCCn1ccnn1)Oc1cc(-c2ccco2)on1. The van der Waals surface area contributed by atoms with E-state index in [1.54, 1.807) is 29.2 Å². The molecule has 9 heteroatoms. The van der Waals surface area contributed by atoms with Gasteiger partial charge < -0.3 is 19.0 Å². The second-order valence-corrected chi connectivity index (χ2v) is 4.34. The van der Waals surface area contributed by atoms with Gasteiger partial charge in [-0.2, -0.15) is 0 Å². The maximum atomic E-state index is 11.6. The van der Waals surface area contributed by atoms with E-state index in [0.29, 0.717) is 31.0 Å². The van der Waals surface area contributed by atoms with Gasteiger partial charge in [0.15, 0.2) is 5.76 Å². The number of aromatic nitrogens is 4. The van der Waals surface area contributed by atoms with Crippen molar-refractivity contribution in [1.82, 2.24) is 25.5 Å². The molecule has 0 bridgehead atoms. The van der Waals surface area contributed by atoms with E-state index < -0.39 is 6.09 Å². The zero-order valence-corrected chi connectivity index (χ0v) is 11.5. The summed E-state index contributed by atoms with van der Waals surface area (Å²) in [6, 6.07) is 4.92. The Morgan fingerprint density at radius 3 is 3.14 bits per heavy atom. The van der Waals surface area contributed by atoms with Gasteiger partial charge in [0.25, 0.3) is 5.88 Å². The van der Waals surface area contributed by atoms with E-state index in [2.05, 4.69) is 20.8 Å². The molecule has 0 atom stereocenters. The zero-order chi connectivity index (χ0) is 15.2. The molecule has 1 N–H and O–H groups in total. The van der Waals surface area contributed by atoms with Crippen molar-refractivity contribution in [1.29, 1.82) is 0 Å². The summed E-state index contributed by atoms with van der Waals surface area (Å²) in [6.07, 6.45) is 4.97. The standard InChI is InChI=1S/C13H13N5O4/c19-13(14-4-2-6-18-7-5-15-17-18)21-12-9-11(22-16-12)10-3-1-8-20-10/h1,3,5,7-9H,2,4,6H2,(H,14,19). The van der Waals surface area contributed by atoms with Gasteiger partial charge in [0, 0.05) is 19.3 Å². The lowest BCUT2D eigenvalue weighted by atomic mass is 10.3. The first-order valence-corrected chi connectivity index (χ1v) is 6.61. The molecule has 0 saturated carbocycles. The van der Waals surface area contributed by atoms with Crippen molar-refractivity contribution in [2.24, 2.45) is 0 Å². The van der Waals surface area contributed by atoms with Crippen LogP contribution < -0.4 is 10.1 Å². The summed E-state index contributed by atoms with van der Waals surface area (Å²) in [5.74, 6) is 0.967. The summed E-state index contributed by atoms with van der Waals surface area (Å²) in [5.41, 5.74) is 0. The molecule has 0 fully saturated rings. The monoisotopic (exact) mass is 303 g/mol. The fourth-order valence-electron chi connectivity index (χ4n) is 1.76. The van der Waals surface area contributed by atoms with Crippen LogP contribution in [0.5, 0.6) is 5.88 Å². The molecule has 22 heavy (non-hydrogen) atoms. The molecule has 9 nitrogen and oxygen atoms in total. The molecular formula is C13H13N5O4. The Kier molecular flexibility index (Phi) is 4.14. The lowest BCUT2D eigenvalue weighted by Crippen LogP contribution is -2.28. The minimum absolute atomic E-state index is 0.0696. The minimum atomic E-state index is -0.599. The highest BCUT2D eigenvalue weighted by atomic mass is 16.6. The molecule has 3 rings (SSSR count). The number of hydrogen-bond acceptors (Lipinski definition) is 7. The van der Waals surface area contributed by atoms with Crippen molar-refractivity contribution in [2.45, 2.75) is 13.0 Å². The molecule has 0 radical (unpaired) electrons. The first-order chi connectivity index (χ1) is 10.8. The Balaban J connectivity index is 1.42. The van der Waals surface area contributed by atoms with E-state index in [0.717, 1.165) is 0 Å². The van der Waals surface area contributed by atoms with Crippen LogP contribution >= 0.6 is 0 Å². The van der Waals surface area contributed by atoms with Crippen molar-refractivity contribution in [3.63, 3.8) is 0 Å². The molecule has 0 aromatic carbocycles. The Morgan fingerprint density at radius 2 is 2.36 bits per heavy atom. The maximum absolute atomic E-state index is 11.6. The predicted octanol–water partition coefficient (Wildman–Crippen LogP) is 1.70. The van der Waals surface area contributed by atoms with Gasteiger partial charge in [-0.1, -0.05) is 5.21 Å². The zero-order valence-electron chi connectivity index (χ0n) is 11.5. The van der Waals surface area contributed by atoms with Gasteiger partial charge in [-0.05, 0) is 23.7 Å². The maximum Gasteiger partial charge on any atom is 0.414 e. The second-order valence-electron chi connectivity index (χ2n) is 4.34. The highest BCUT2D eigenvalue weighted by Gasteiger charge is 2.12. The molecular weight excluding hydrogens is 290 g/mol. The molecule has 0 spiro atoms. The summed E-state index contributed by atoms with van der Waals surface area (Å²) >= 11 is 0. The second kappa shape index (κ2) is 6.57. The van der Waals surface area contributed by atoms with Crippen LogP contribution in [0.4, 0.5) is 4.79 Å². The smallest absolute Gasteiger partial charge is 0.414 e. The lowest BCUT2D eigenvalue weighted by Gasteiger charge is -2.03. The van der Waals surface area contributed by atoms with Gasteiger partial charge in [0.2, 0.25) is 5.76 Å². The quantitative estimate of drug-likeness (QED) is 0.690. The third-order valence-electron chi connectivity index (χ3n) is 2.76. The fourth-order valence-corrected chi connectivity index (χ4v) is 1.76. The average molecular weight is 303 g/mol. The van der Waals surface area contributed by atoms with Crippen LogP contribution in [0.25, 0.3) is 11.5 Å². The normalized spacial score (nSPS) is 10.5. The van der Waals surface area contributed by atoms with Crippen molar-refractivity contribution in [2.75, 3.05) is 6.54 Å². The average Bonchev–Trinajstić information content (AvgIpc) is 3.24. The number of hydrogen-bond donors (Lipinski definition) is 1. The Morgan fingerprint density at radius 1 is 1.41 bits per heavy atom. The minimum Gasteiger partial charge on any atom is -0.461 e. The summed E-state index contributed by atoms with van der Waals surface area (Å²) < 4.78 is 16.8. The summed E-state index contributed by atoms with van der Waals surface area (Å²) in [4.78, 5) is 11.6. The highest BCUT2D eigenvalue weighted by molar-refractivity contribution is 5.70. The number of carbonyl (C=O) groups excluding carboxylic acids is 1. The number of ether oxygens (including phenoxy) is 1. The van der Waals surface area contributed by atoms with E-state index in [1.165, 1.54) is 12.3 Å². The third kappa shape index (κ3) is 3.51. The molecule has 3 aromatic heterocycles. The van der Waals surface area contributed by atoms with Gasteiger partial charge in [-0.3, -0.25) is 4.68 Å². The van der Waals surface area contributed by atoms with Crippen LogP contribution in [0.15, 0.2) is 45.8 Å². The van der Waals surface area contributed by atoms with Gasteiger partial charge in [0.1, 0.15) is 0 Å². The number of rotatable bonds is 6. The lowest BCUT2D eigenvalue weighted by molar-refractivity contribution is 0.195. The number of aryl methyl sites for hydroxylation is 1. The fraction of sp³-hybridized carbons (Fsp3) is 0.231. The first kappa shape index (κ1) is 13.9. The van der Waals surface area contributed by atoms with Crippen LogP contribution in [-0.2, 0) is 6.54 Å². The van der Waals surface area contributed by atoms with Crippen molar-refractivity contribution in [3.05, 3.63) is 36.9 Å². The largest absolute Gasteiger partial charge is 0.461 e. The van der Waals surface area contributed by atoms with E-state index >= 15 is 0 Å². The van der Waals surface area contributed by atoms with Crippen molar-refractivity contribution < 1.29 is 18.5 Å². The summed E-state index contributed by atoms with van der Waals surface area (Å²) in [5, 5.41) is 13.8. The van der Waals surface area contributed by atoms with E-state index in [1.807, 2.05) is 0 Å². The van der Waals surface area contributed by atoms with Gasteiger partial charge in [-0.15, -0.1) is 5.10 Å². The topological polar surface area (TPSA) is 108 Å². The summed E-state index contributed by atoms with van der Waals surface area (Å²) in [6.45, 7) is 1.11.